The van der Waals surface area contributed by atoms with Crippen LogP contribution in [0.3, 0.4) is 0 Å². The summed E-state index contributed by atoms with van der Waals surface area (Å²) < 4.78 is 10.8. The fourth-order valence-corrected chi connectivity index (χ4v) is 3.82. The summed E-state index contributed by atoms with van der Waals surface area (Å²) in [5.74, 6) is -1.10. The van der Waals surface area contributed by atoms with Crippen LogP contribution < -0.4 is 5.32 Å². The van der Waals surface area contributed by atoms with E-state index in [9.17, 15) is 14.4 Å². The number of carbonyl (C=O) groups is 3. The lowest BCUT2D eigenvalue weighted by Crippen LogP contribution is -2.39. The van der Waals surface area contributed by atoms with Crippen molar-refractivity contribution in [1.29, 1.82) is 0 Å². The molecule has 1 fully saturated rings. The van der Waals surface area contributed by atoms with Crippen LogP contribution in [0.15, 0.2) is 30.3 Å². The van der Waals surface area contributed by atoms with Gasteiger partial charge in [0, 0.05) is 25.9 Å². The molecule has 7 nitrogen and oxygen atoms in total. The number of hydrogen-bond donors (Lipinski definition) is 1. The molecule has 1 aromatic carbocycles. The fourth-order valence-electron chi connectivity index (χ4n) is 3.82. The zero-order valence-electron chi connectivity index (χ0n) is 18.2. The SMILES string of the molecule is CC(=O)NC1OC(=O)C(c2ccc(C3=CCN(C(=O)OC(C)(C)C)CC3)cc2)C1C. The average molecular weight is 415 g/mol. The molecule has 2 aliphatic heterocycles. The lowest BCUT2D eigenvalue weighted by Gasteiger charge is -2.29. The normalized spacial score (nSPS) is 24.2. The Morgan fingerprint density at radius 3 is 2.40 bits per heavy atom. The third-order valence-electron chi connectivity index (χ3n) is 5.35. The molecular weight excluding hydrogens is 384 g/mol. The first-order valence-corrected chi connectivity index (χ1v) is 10.3. The smallest absolute Gasteiger partial charge is 0.410 e. The number of amides is 2. The van der Waals surface area contributed by atoms with Crippen LogP contribution in [0.5, 0.6) is 0 Å². The number of nitrogens with zero attached hydrogens (tertiary/aromatic N) is 1. The number of esters is 1. The van der Waals surface area contributed by atoms with Crippen LogP contribution in [-0.4, -0.2) is 47.8 Å². The molecule has 1 N–H and O–H groups in total. The van der Waals surface area contributed by atoms with E-state index in [0.29, 0.717) is 13.1 Å². The zero-order chi connectivity index (χ0) is 22.1. The molecule has 0 saturated carbocycles. The van der Waals surface area contributed by atoms with E-state index >= 15 is 0 Å². The largest absolute Gasteiger partial charge is 0.444 e. The van der Waals surface area contributed by atoms with Gasteiger partial charge in [0.05, 0.1) is 5.92 Å². The molecule has 0 spiro atoms. The standard InChI is InChI=1S/C23H30N2O5/c1-14-19(21(27)29-20(14)24-15(2)26)18-8-6-16(7-9-18)17-10-12-25(13-11-17)22(28)30-23(3,4)5/h6-10,14,19-20H,11-13H2,1-5H3,(H,24,26). The molecule has 2 amide bonds. The van der Waals surface area contributed by atoms with E-state index in [0.717, 1.165) is 17.5 Å². The first-order valence-electron chi connectivity index (χ1n) is 10.3. The molecule has 3 rings (SSSR count). The lowest BCUT2D eigenvalue weighted by molar-refractivity contribution is -0.144. The van der Waals surface area contributed by atoms with Crippen LogP contribution in [0.25, 0.3) is 5.57 Å². The number of rotatable bonds is 3. The van der Waals surface area contributed by atoms with E-state index in [2.05, 4.69) is 5.32 Å². The van der Waals surface area contributed by atoms with Crippen molar-refractivity contribution in [3.8, 4) is 0 Å². The molecular formula is C23H30N2O5. The summed E-state index contributed by atoms with van der Waals surface area (Å²) in [5, 5.41) is 2.68. The number of carbonyl (C=O) groups excluding carboxylic acids is 3. The Morgan fingerprint density at radius 1 is 1.20 bits per heavy atom. The summed E-state index contributed by atoms with van der Waals surface area (Å²) in [4.78, 5) is 37.5. The van der Waals surface area contributed by atoms with Crippen molar-refractivity contribution in [3.05, 3.63) is 41.5 Å². The topological polar surface area (TPSA) is 84.9 Å². The highest BCUT2D eigenvalue weighted by Crippen LogP contribution is 2.36. The van der Waals surface area contributed by atoms with Crippen LogP contribution in [0.1, 0.15) is 58.1 Å². The van der Waals surface area contributed by atoms with Gasteiger partial charge in [-0.1, -0.05) is 37.3 Å². The predicted octanol–water partition coefficient (Wildman–Crippen LogP) is 3.45. The zero-order valence-corrected chi connectivity index (χ0v) is 18.2. The maximum absolute atomic E-state index is 12.3. The van der Waals surface area contributed by atoms with E-state index in [-0.39, 0.29) is 23.9 Å². The molecule has 0 radical (unpaired) electrons. The third-order valence-corrected chi connectivity index (χ3v) is 5.35. The van der Waals surface area contributed by atoms with Gasteiger partial charge in [-0.05, 0) is 43.9 Å². The van der Waals surface area contributed by atoms with Crippen molar-refractivity contribution in [2.24, 2.45) is 5.92 Å². The number of cyclic esters (lactones) is 1. The third kappa shape index (κ3) is 5.01. The Kier molecular flexibility index (Phi) is 6.19. The fraction of sp³-hybridized carbons (Fsp3) is 0.522. The Morgan fingerprint density at radius 2 is 1.87 bits per heavy atom. The van der Waals surface area contributed by atoms with Gasteiger partial charge < -0.3 is 19.7 Å². The molecule has 30 heavy (non-hydrogen) atoms. The van der Waals surface area contributed by atoms with Crippen molar-refractivity contribution < 1.29 is 23.9 Å². The minimum atomic E-state index is -0.598. The molecule has 0 aromatic heterocycles. The highest BCUT2D eigenvalue weighted by Gasteiger charge is 2.43. The number of benzene rings is 1. The van der Waals surface area contributed by atoms with Crippen molar-refractivity contribution >= 4 is 23.5 Å². The maximum Gasteiger partial charge on any atom is 0.410 e. The van der Waals surface area contributed by atoms with Crippen LogP contribution in [0.2, 0.25) is 0 Å². The van der Waals surface area contributed by atoms with Gasteiger partial charge >= 0.3 is 12.1 Å². The summed E-state index contributed by atoms with van der Waals surface area (Å²) in [6.45, 7) is 10.00. The van der Waals surface area contributed by atoms with Gasteiger partial charge in [0.15, 0.2) is 6.23 Å². The van der Waals surface area contributed by atoms with E-state index in [1.807, 2.05) is 58.0 Å². The monoisotopic (exact) mass is 414 g/mol. The Hall–Kier alpha value is -2.83. The minimum absolute atomic E-state index is 0.150. The maximum atomic E-state index is 12.3. The second-order valence-corrected chi connectivity index (χ2v) is 8.92. The van der Waals surface area contributed by atoms with Gasteiger partial charge in [-0.15, -0.1) is 0 Å². The van der Waals surface area contributed by atoms with Crippen LogP contribution in [0.4, 0.5) is 4.79 Å². The molecule has 0 bridgehead atoms. The molecule has 1 saturated heterocycles. The molecule has 162 valence electrons. The minimum Gasteiger partial charge on any atom is -0.444 e. The number of hydrogen-bond acceptors (Lipinski definition) is 5. The highest BCUT2D eigenvalue weighted by atomic mass is 16.6. The van der Waals surface area contributed by atoms with Gasteiger partial charge in [-0.2, -0.15) is 0 Å². The van der Waals surface area contributed by atoms with Crippen molar-refractivity contribution in [3.63, 3.8) is 0 Å². The number of ether oxygens (including phenoxy) is 2. The quantitative estimate of drug-likeness (QED) is 0.766. The molecule has 3 atom stereocenters. The second kappa shape index (κ2) is 8.50. The van der Waals surface area contributed by atoms with Crippen molar-refractivity contribution in [2.45, 2.75) is 58.8 Å². The Labute approximate surface area is 177 Å². The van der Waals surface area contributed by atoms with Crippen LogP contribution in [-0.2, 0) is 19.1 Å². The van der Waals surface area contributed by atoms with Gasteiger partial charge in [-0.25, -0.2) is 4.79 Å². The summed E-state index contributed by atoms with van der Waals surface area (Å²) in [6, 6.07) is 7.87. The molecule has 0 aliphatic carbocycles. The van der Waals surface area contributed by atoms with Crippen LogP contribution in [0, 0.1) is 5.92 Å². The van der Waals surface area contributed by atoms with Gasteiger partial charge in [0.2, 0.25) is 5.91 Å². The van der Waals surface area contributed by atoms with Gasteiger partial charge in [-0.3, -0.25) is 9.59 Å². The molecule has 2 heterocycles. The first kappa shape index (κ1) is 21.9. The first-order chi connectivity index (χ1) is 14.0. The highest BCUT2D eigenvalue weighted by molar-refractivity contribution is 5.82. The molecule has 1 aromatic rings. The Bertz CT molecular complexity index is 853. The van der Waals surface area contributed by atoms with Crippen LogP contribution >= 0.6 is 0 Å². The predicted molar refractivity (Wildman–Crippen MR) is 112 cm³/mol. The summed E-state index contributed by atoms with van der Waals surface area (Å²) >= 11 is 0. The number of nitrogens with one attached hydrogen (secondary N) is 1. The summed E-state index contributed by atoms with van der Waals surface area (Å²) in [6.07, 6.45) is 1.89. The van der Waals surface area contributed by atoms with Gasteiger partial charge in [0.1, 0.15) is 5.60 Å². The summed E-state index contributed by atoms with van der Waals surface area (Å²) in [5.41, 5.74) is 2.60. The van der Waals surface area contributed by atoms with E-state index < -0.39 is 17.7 Å². The second-order valence-electron chi connectivity index (χ2n) is 8.92. The molecule has 7 heteroatoms. The van der Waals surface area contributed by atoms with E-state index in [1.165, 1.54) is 12.5 Å². The van der Waals surface area contributed by atoms with E-state index in [1.54, 1.807) is 4.90 Å². The van der Waals surface area contributed by atoms with E-state index in [4.69, 9.17) is 9.47 Å². The lowest BCUT2D eigenvalue weighted by atomic mass is 9.87. The molecule has 3 unspecified atom stereocenters. The van der Waals surface area contributed by atoms with Crippen molar-refractivity contribution in [1.82, 2.24) is 10.2 Å². The molecule has 2 aliphatic rings. The Balaban J connectivity index is 1.66. The van der Waals surface area contributed by atoms with Crippen molar-refractivity contribution in [2.75, 3.05) is 13.1 Å². The van der Waals surface area contributed by atoms with Gasteiger partial charge in [0.25, 0.3) is 0 Å². The summed E-state index contributed by atoms with van der Waals surface area (Å²) in [7, 11) is 0. The average Bonchev–Trinajstić information content (AvgIpc) is 2.93.